The highest BCUT2D eigenvalue weighted by molar-refractivity contribution is 9.10. The van der Waals surface area contributed by atoms with Crippen molar-refractivity contribution in [1.82, 2.24) is 5.32 Å². The van der Waals surface area contributed by atoms with Gasteiger partial charge in [-0.2, -0.15) is 0 Å². The molecule has 1 fully saturated rings. The minimum absolute atomic E-state index is 0.749. The lowest BCUT2D eigenvalue weighted by atomic mass is 9.86. The third kappa shape index (κ3) is 4.29. The summed E-state index contributed by atoms with van der Waals surface area (Å²) in [7, 11) is 0. The van der Waals surface area contributed by atoms with Gasteiger partial charge in [-0.25, -0.2) is 0 Å². The average molecular weight is 328 g/mol. The second-order valence-corrected chi connectivity index (χ2v) is 7.09. The topological polar surface area (TPSA) is 12.0 Å². The van der Waals surface area contributed by atoms with E-state index < -0.39 is 0 Å². The Balaban J connectivity index is 1.68. The van der Waals surface area contributed by atoms with E-state index in [2.05, 4.69) is 52.4 Å². The van der Waals surface area contributed by atoms with Gasteiger partial charge in [0.2, 0.25) is 0 Å². The first-order valence-corrected chi connectivity index (χ1v) is 8.66. The maximum Gasteiger partial charge on any atom is 0.0311 e. The predicted octanol–water partition coefficient (Wildman–Crippen LogP) is 4.71. The molecule has 0 aromatic heterocycles. The molecule has 1 aliphatic rings. The van der Waals surface area contributed by atoms with Crippen LogP contribution in [-0.2, 0) is 0 Å². The molecule has 18 heavy (non-hydrogen) atoms. The van der Waals surface area contributed by atoms with Gasteiger partial charge in [0.25, 0.3) is 0 Å². The van der Waals surface area contributed by atoms with Gasteiger partial charge in [-0.05, 0) is 46.8 Å². The van der Waals surface area contributed by atoms with Crippen LogP contribution in [0.15, 0.2) is 33.6 Å². The first kappa shape index (κ1) is 14.4. The molecule has 0 heterocycles. The van der Waals surface area contributed by atoms with Crippen LogP contribution in [0.5, 0.6) is 0 Å². The predicted molar refractivity (Wildman–Crippen MR) is 84.3 cm³/mol. The van der Waals surface area contributed by atoms with Crippen LogP contribution in [0.25, 0.3) is 0 Å². The largest absolute Gasteiger partial charge is 0.313 e. The van der Waals surface area contributed by atoms with Crippen LogP contribution in [0.4, 0.5) is 0 Å². The van der Waals surface area contributed by atoms with Gasteiger partial charge in [0.15, 0.2) is 0 Å². The van der Waals surface area contributed by atoms with E-state index in [9.17, 15) is 0 Å². The molecular weight excluding hydrogens is 306 g/mol. The third-order valence-electron chi connectivity index (χ3n) is 3.71. The van der Waals surface area contributed by atoms with Crippen molar-refractivity contribution < 1.29 is 0 Å². The molecular formula is C15H22BrNS. The van der Waals surface area contributed by atoms with Crippen molar-refractivity contribution in [1.29, 1.82) is 0 Å². The summed E-state index contributed by atoms with van der Waals surface area (Å²) < 4.78 is 1.21. The highest BCUT2D eigenvalue weighted by Gasteiger charge is 2.19. The molecule has 1 nitrogen and oxygen atoms in total. The lowest BCUT2D eigenvalue weighted by molar-refractivity contribution is 0.285. The zero-order valence-electron chi connectivity index (χ0n) is 11.0. The van der Waals surface area contributed by atoms with Crippen LogP contribution in [0.1, 0.15) is 32.6 Å². The summed E-state index contributed by atoms with van der Waals surface area (Å²) in [5, 5.41) is 3.72. The van der Waals surface area contributed by atoms with Crippen molar-refractivity contribution in [2.75, 3.05) is 12.3 Å². The van der Waals surface area contributed by atoms with E-state index in [0.29, 0.717) is 0 Å². The Labute approximate surface area is 123 Å². The molecule has 3 heteroatoms. The molecule has 2 atom stereocenters. The van der Waals surface area contributed by atoms with Gasteiger partial charge in [-0.1, -0.05) is 31.9 Å². The van der Waals surface area contributed by atoms with Crippen molar-refractivity contribution in [3.05, 3.63) is 28.7 Å². The van der Waals surface area contributed by atoms with Gasteiger partial charge in [0.05, 0.1) is 0 Å². The van der Waals surface area contributed by atoms with Gasteiger partial charge in [0.1, 0.15) is 0 Å². The standard InChI is InChI=1S/C15H22BrNS/c1-12-6-2-4-8-14(12)17-10-11-18-15-9-5-3-7-13(15)16/h3,5,7,9,12,14,17H,2,4,6,8,10-11H2,1H3. The van der Waals surface area contributed by atoms with Crippen LogP contribution >= 0.6 is 27.7 Å². The molecule has 0 amide bonds. The monoisotopic (exact) mass is 327 g/mol. The molecule has 2 rings (SSSR count). The Morgan fingerprint density at radius 3 is 2.83 bits per heavy atom. The van der Waals surface area contributed by atoms with Crippen LogP contribution in [0, 0.1) is 5.92 Å². The van der Waals surface area contributed by atoms with Gasteiger partial charge in [-0.3, -0.25) is 0 Å². The Kier molecular flexibility index (Phi) is 6.06. The second kappa shape index (κ2) is 7.56. The summed E-state index contributed by atoms with van der Waals surface area (Å²) in [4.78, 5) is 1.34. The number of hydrogen-bond donors (Lipinski definition) is 1. The zero-order chi connectivity index (χ0) is 12.8. The quantitative estimate of drug-likeness (QED) is 0.620. The molecule has 1 aliphatic carbocycles. The smallest absolute Gasteiger partial charge is 0.0311 e. The summed E-state index contributed by atoms with van der Waals surface area (Å²) in [6.07, 6.45) is 5.58. The van der Waals surface area contributed by atoms with Crippen LogP contribution in [-0.4, -0.2) is 18.3 Å². The van der Waals surface area contributed by atoms with E-state index in [1.807, 2.05) is 11.8 Å². The van der Waals surface area contributed by atoms with Crippen molar-refractivity contribution in [2.45, 2.75) is 43.5 Å². The number of thioether (sulfide) groups is 1. The number of benzene rings is 1. The van der Waals surface area contributed by atoms with E-state index in [-0.39, 0.29) is 0 Å². The minimum atomic E-state index is 0.749. The summed E-state index contributed by atoms with van der Waals surface area (Å²) in [5.41, 5.74) is 0. The molecule has 1 aromatic carbocycles. The summed E-state index contributed by atoms with van der Waals surface area (Å²) >= 11 is 5.52. The number of hydrogen-bond acceptors (Lipinski definition) is 2. The van der Waals surface area contributed by atoms with Gasteiger partial charge in [-0.15, -0.1) is 11.8 Å². The Hall–Kier alpha value is 0.01000. The molecule has 2 unspecified atom stereocenters. The lowest BCUT2D eigenvalue weighted by Crippen LogP contribution is -2.38. The van der Waals surface area contributed by atoms with Crippen molar-refractivity contribution >= 4 is 27.7 Å². The normalized spacial score (nSPS) is 24.1. The third-order valence-corrected chi connectivity index (χ3v) is 5.74. The maximum atomic E-state index is 3.72. The molecule has 0 bridgehead atoms. The molecule has 1 N–H and O–H groups in total. The number of halogens is 1. The molecule has 0 aliphatic heterocycles. The fourth-order valence-corrected chi connectivity index (χ4v) is 4.04. The fraction of sp³-hybridized carbons (Fsp3) is 0.600. The summed E-state index contributed by atoms with van der Waals surface area (Å²) in [5.74, 6) is 2.00. The summed E-state index contributed by atoms with van der Waals surface area (Å²) in [6, 6.07) is 9.20. The molecule has 0 saturated heterocycles. The number of rotatable bonds is 5. The SMILES string of the molecule is CC1CCCCC1NCCSc1ccccc1Br. The zero-order valence-corrected chi connectivity index (χ0v) is 13.4. The Morgan fingerprint density at radius 1 is 1.28 bits per heavy atom. The Morgan fingerprint density at radius 2 is 2.06 bits per heavy atom. The van der Waals surface area contributed by atoms with Crippen molar-refractivity contribution in [3.63, 3.8) is 0 Å². The van der Waals surface area contributed by atoms with Crippen LogP contribution in [0.3, 0.4) is 0 Å². The Bertz CT molecular complexity index is 369. The second-order valence-electron chi connectivity index (χ2n) is 5.10. The molecule has 1 aromatic rings. The lowest BCUT2D eigenvalue weighted by Gasteiger charge is -2.29. The molecule has 0 radical (unpaired) electrons. The van der Waals surface area contributed by atoms with Gasteiger partial charge in [0, 0.05) is 27.7 Å². The summed E-state index contributed by atoms with van der Waals surface area (Å²) in [6.45, 7) is 3.50. The van der Waals surface area contributed by atoms with Crippen LogP contribution in [0.2, 0.25) is 0 Å². The first-order valence-electron chi connectivity index (χ1n) is 6.88. The van der Waals surface area contributed by atoms with Crippen molar-refractivity contribution in [3.8, 4) is 0 Å². The highest BCUT2D eigenvalue weighted by Crippen LogP contribution is 2.27. The van der Waals surface area contributed by atoms with E-state index in [4.69, 9.17) is 0 Å². The average Bonchev–Trinajstić information content (AvgIpc) is 2.38. The van der Waals surface area contributed by atoms with E-state index >= 15 is 0 Å². The first-order chi connectivity index (χ1) is 8.77. The van der Waals surface area contributed by atoms with Crippen molar-refractivity contribution in [2.24, 2.45) is 5.92 Å². The molecule has 100 valence electrons. The molecule has 0 spiro atoms. The van der Waals surface area contributed by atoms with Gasteiger partial charge < -0.3 is 5.32 Å². The minimum Gasteiger partial charge on any atom is -0.313 e. The highest BCUT2D eigenvalue weighted by atomic mass is 79.9. The fourth-order valence-electron chi connectivity index (χ4n) is 2.59. The van der Waals surface area contributed by atoms with E-state index in [1.165, 1.54) is 35.1 Å². The molecule has 1 saturated carbocycles. The van der Waals surface area contributed by atoms with E-state index in [0.717, 1.165) is 24.3 Å². The van der Waals surface area contributed by atoms with E-state index in [1.54, 1.807) is 0 Å². The maximum absolute atomic E-state index is 3.72. The van der Waals surface area contributed by atoms with Gasteiger partial charge >= 0.3 is 0 Å². The number of nitrogens with one attached hydrogen (secondary N) is 1. The van der Waals surface area contributed by atoms with Crippen LogP contribution < -0.4 is 5.32 Å².